The van der Waals surface area contributed by atoms with Gasteiger partial charge in [-0.25, -0.2) is 4.39 Å². The quantitative estimate of drug-likeness (QED) is 0.784. The Morgan fingerprint density at radius 3 is 2.73 bits per heavy atom. The van der Waals surface area contributed by atoms with Crippen LogP contribution in [0.2, 0.25) is 5.02 Å². The zero-order valence-corrected chi connectivity index (χ0v) is 9.36. The fourth-order valence-corrected chi connectivity index (χ4v) is 2.17. The van der Waals surface area contributed by atoms with Crippen LogP contribution >= 0.6 is 22.9 Å². The number of benzene rings is 1. The van der Waals surface area contributed by atoms with E-state index in [0.29, 0.717) is 15.6 Å². The van der Waals surface area contributed by atoms with Crippen molar-refractivity contribution in [2.45, 2.75) is 6.92 Å². The largest absolute Gasteiger partial charge is 0.396 e. The van der Waals surface area contributed by atoms with Crippen molar-refractivity contribution >= 4 is 28.6 Å². The maximum absolute atomic E-state index is 13.2. The van der Waals surface area contributed by atoms with Gasteiger partial charge in [-0.3, -0.25) is 0 Å². The highest BCUT2D eigenvalue weighted by atomic mass is 35.5. The standard InChI is InChI=1S/C9H7ClFN3S/c1-4-13-14-9(15-4)5-2-7(11)8(12)3-6(5)10/h2-3H,12H2,1H3. The van der Waals surface area contributed by atoms with Crippen LogP contribution in [0.25, 0.3) is 10.6 Å². The fourth-order valence-electron chi connectivity index (χ4n) is 1.13. The van der Waals surface area contributed by atoms with Gasteiger partial charge in [0.05, 0.1) is 10.7 Å². The molecule has 0 amide bonds. The zero-order valence-electron chi connectivity index (χ0n) is 7.79. The Balaban J connectivity index is 2.58. The molecule has 0 aliphatic heterocycles. The molecule has 3 nitrogen and oxygen atoms in total. The molecule has 2 aromatic rings. The van der Waals surface area contributed by atoms with Crippen molar-refractivity contribution in [1.82, 2.24) is 10.2 Å². The van der Waals surface area contributed by atoms with Gasteiger partial charge in [0.15, 0.2) is 0 Å². The van der Waals surface area contributed by atoms with Crippen LogP contribution in [0.5, 0.6) is 0 Å². The number of aromatic nitrogens is 2. The number of rotatable bonds is 1. The van der Waals surface area contributed by atoms with Crippen molar-refractivity contribution in [3.8, 4) is 10.6 Å². The van der Waals surface area contributed by atoms with Crippen molar-refractivity contribution in [1.29, 1.82) is 0 Å². The predicted octanol–water partition coefficient (Wildman–Crippen LogP) is 2.89. The highest BCUT2D eigenvalue weighted by Crippen LogP contribution is 2.32. The Morgan fingerprint density at radius 1 is 1.40 bits per heavy atom. The molecular formula is C9H7ClFN3S. The monoisotopic (exact) mass is 243 g/mol. The lowest BCUT2D eigenvalue weighted by atomic mass is 10.2. The summed E-state index contributed by atoms with van der Waals surface area (Å²) >= 11 is 7.29. The Hall–Kier alpha value is -1.20. The number of hydrogen-bond donors (Lipinski definition) is 1. The van der Waals surface area contributed by atoms with Crippen LogP contribution in [0.15, 0.2) is 12.1 Å². The summed E-state index contributed by atoms with van der Waals surface area (Å²) in [5.74, 6) is -0.498. The molecule has 0 aliphatic rings. The second-order valence-corrected chi connectivity index (χ2v) is 4.57. The van der Waals surface area contributed by atoms with Crippen molar-refractivity contribution in [3.05, 3.63) is 28.0 Å². The van der Waals surface area contributed by atoms with Crippen LogP contribution in [-0.2, 0) is 0 Å². The molecule has 0 bridgehead atoms. The molecule has 2 rings (SSSR count). The Morgan fingerprint density at radius 2 is 2.13 bits per heavy atom. The molecule has 0 radical (unpaired) electrons. The van der Waals surface area contributed by atoms with Gasteiger partial charge in [0.2, 0.25) is 0 Å². The Labute approximate surface area is 94.7 Å². The van der Waals surface area contributed by atoms with Gasteiger partial charge < -0.3 is 5.73 Å². The Bertz CT molecular complexity index is 512. The lowest BCUT2D eigenvalue weighted by Gasteiger charge is -2.02. The number of nitrogens with zero attached hydrogens (tertiary/aromatic N) is 2. The number of hydrogen-bond acceptors (Lipinski definition) is 4. The van der Waals surface area contributed by atoms with Gasteiger partial charge in [-0.15, -0.1) is 10.2 Å². The molecular weight excluding hydrogens is 237 g/mol. The minimum atomic E-state index is -0.498. The molecule has 1 aromatic heterocycles. The van der Waals surface area contributed by atoms with Gasteiger partial charge >= 0.3 is 0 Å². The summed E-state index contributed by atoms with van der Waals surface area (Å²) in [5, 5.41) is 9.51. The minimum absolute atomic E-state index is 0.0324. The van der Waals surface area contributed by atoms with Crippen LogP contribution in [0, 0.1) is 12.7 Å². The summed E-state index contributed by atoms with van der Waals surface area (Å²) in [7, 11) is 0. The number of nitrogen functional groups attached to an aromatic ring is 1. The molecule has 0 unspecified atom stereocenters. The van der Waals surface area contributed by atoms with E-state index >= 15 is 0 Å². The SMILES string of the molecule is Cc1nnc(-c2cc(F)c(N)cc2Cl)s1. The number of nitrogens with two attached hydrogens (primary N) is 1. The number of aryl methyl sites for hydroxylation is 1. The van der Waals surface area contributed by atoms with E-state index in [-0.39, 0.29) is 5.69 Å². The van der Waals surface area contributed by atoms with E-state index in [4.69, 9.17) is 17.3 Å². The molecule has 2 N–H and O–H groups in total. The topological polar surface area (TPSA) is 51.8 Å². The molecule has 15 heavy (non-hydrogen) atoms. The van der Waals surface area contributed by atoms with Crippen LogP contribution in [0.4, 0.5) is 10.1 Å². The summed E-state index contributed by atoms with van der Waals surface area (Å²) in [5.41, 5.74) is 5.94. The van der Waals surface area contributed by atoms with Gasteiger partial charge in [0.1, 0.15) is 15.8 Å². The molecule has 1 aromatic carbocycles. The molecule has 0 saturated heterocycles. The lowest BCUT2D eigenvalue weighted by molar-refractivity contribution is 0.633. The molecule has 78 valence electrons. The van der Waals surface area contributed by atoms with Crippen molar-refractivity contribution in [2.24, 2.45) is 0 Å². The average Bonchev–Trinajstić information content (AvgIpc) is 2.58. The summed E-state index contributed by atoms with van der Waals surface area (Å²) in [6.07, 6.45) is 0. The predicted molar refractivity (Wildman–Crippen MR) is 59.5 cm³/mol. The first-order valence-electron chi connectivity index (χ1n) is 4.13. The van der Waals surface area contributed by atoms with Crippen LogP contribution in [-0.4, -0.2) is 10.2 Å². The third-order valence-corrected chi connectivity index (χ3v) is 3.03. The van der Waals surface area contributed by atoms with E-state index in [1.54, 1.807) is 0 Å². The van der Waals surface area contributed by atoms with Crippen LogP contribution < -0.4 is 5.73 Å². The maximum Gasteiger partial charge on any atom is 0.149 e. The second kappa shape index (κ2) is 3.75. The first-order valence-corrected chi connectivity index (χ1v) is 5.32. The first kappa shape index (κ1) is 10.3. The molecule has 0 spiro atoms. The highest BCUT2D eigenvalue weighted by molar-refractivity contribution is 7.14. The van der Waals surface area contributed by atoms with Gasteiger partial charge in [-0.1, -0.05) is 22.9 Å². The zero-order chi connectivity index (χ0) is 11.0. The molecule has 0 fully saturated rings. The maximum atomic E-state index is 13.2. The van der Waals surface area contributed by atoms with Crippen LogP contribution in [0.3, 0.4) is 0 Å². The van der Waals surface area contributed by atoms with Gasteiger partial charge in [-0.2, -0.15) is 0 Å². The number of halogens is 2. The molecule has 0 atom stereocenters. The third-order valence-electron chi connectivity index (χ3n) is 1.84. The van der Waals surface area contributed by atoms with E-state index in [0.717, 1.165) is 5.01 Å². The average molecular weight is 244 g/mol. The first-order chi connectivity index (χ1) is 7.08. The van der Waals surface area contributed by atoms with Crippen molar-refractivity contribution in [3.63, 3.8) is 0 Å². The van der Waals surface area contributed by atoms with Gasteiger partial charge in [-0.05, 0) is 19.1 Å². The van der Waals surface area contributed by atoms with Gasteiger partial charge in [0, 0.05) is 5.56 Å². The van der Waals surface area contributed by atoms with Crippen molar-refractivity contribution in [2.75, 3.05) is 5.73 Å². The molecule has 6 heteroatoms. The minimum Gasteiger partial charge on any atom is -0.396 e. The van der Waals surface area contributed by atoms with Crippen LogP contribution in [0.1, 0.15) is 5.01 Å². The van der Waals surface area contributed by atoms with Gasteiger partial charge in [0.25, 0.3) is 0 Å². The molecule has 0 saturated carbocycles. The summed E-state index contributed by atoms with van der Waals surface area (Å²) in [4.78, 5) is 0. The third kappa shape index (κ3) is 1.93. The lowest BCUT2D eigenvalue weighted by Crippen LogP contribution is -1.91. The number of anilines is 1. The summed E-state index contributed by atoms with van der Waals surface area (Å²) in [6, 6.07) is 2.65. The second-order valence-electron chi connectivity index (χ2n) is 2.98. The Kier molecular flexibility index (Phi) is 2.58. The van der Waals surface area contributed by atoms with E-state index in [2.05, 4.69) is 10.2 Å². The van der Waals surface area contributed by atoms with E-state index in [1.165, 1.54) is 23.5 Å². The van der Waals surface area contributed by atoms with E-state index in [9.17, 15) is 4.39 Å². The van der Waals surface area contributed by atoms with Crippen molar-refractivity contribution < 1.29 is 4.39 Å². The molecule has 1 heterocycles. The smallest absolute Gasteiger partial charge is 0.149 e. The normalized spacial score (nSPS) is 10.6. The fraction of sp³-hybridized carbons (Fsp3) is 0.111. The van der Waals surface area contributed by atoms with E-state index < -0.39 is 5.82 Å². The molecule has 0 aliphatic carbocycles. The highest BCUT2D eigenvalue weighted by Gasteiger charge is 2.11. The van der Waals surface area contributed by atoms with E-state index in [1.807, 2.05) is 6.92 Å². The summed E-state index contributed by atoms with van der Waals surface area (Å²) < 4.78 is 13.2. The summed E-state index contributed by atoms with van der Waals surface area (Å²) in [6.45, 7) is 1.82.